The highest BCUT2D eigenvalue weighted by atomic mass is 19.1. The molecular weight excluding hydrogens is 357 g/mol. The normalized spacial score (nSPS) is 11.1. The molecule has 0 saturated carbocycles. The molecule has 0 spiro atoms. The number of Topliss-reactive ketones (excluding diaryl/α,β-unsaturated/α-hetero) is 1. The number of nitrogens with one attached hydrogen (secondary N) is 2. The third-order valence-electron chi connectivity index (χ3n) is 4.67. The number of amides is 1. The molecule has 0 unspecified atom stereocenters. The van der Waals surface area contributed by atoms with Crippen molar-refractivity contribution in [2.45, 2.75) is 13.8 Å². The summed E-state index contributed by atoms with van der Waals surface area (Å²) in [4.78, 5) is 30.2. The fourth-order valence-electron chi connectivity index (χ4n) is 3.28. The van der Waals surface area contributed by atoms with Gasteiger partial charge in [-0.2, -0.15) is 0 Å². The van der Waals surface area contributed by atoms with Gasteiger partial charge in [-0.3, -0.25) is 14.5 Å². The minimum Gasteiger partial charge on any atom is -0.355 e. The van der Waals surface area contributed by atoms with Crippen LogP contribution in [0, 0.1) is 5.82 Å². The van der Waals surface area contributed by atoms with Gasteiger partial charge in [0, 0.05) is 17.4 Å². The number of benzene rings is 2. The lowest BCUT2D eigenvalue weighted by Crippen LogP contribution is -2.39. The van der Waals surface area contributed by atoms with Crippen LogP contribution in [0.25, 0.3) is 22.2 Å². The average Bonchev–Trinajstić information content (AvgIpc) is 3.07. The molecule has 6 heteroatoms. The molecule has 3 aromatic rings. The molecule has 1 aromatic heterocycles. The Morgan fingerprint density at radius 1 is 1.04 bits per heavy atom. The summed E-state index contributed by atoms with van der Waals surface area (Å²) in [6.45, 7) is 5.22. The topological polar surface area (TPSA) is 65.2 Å². The van der Waals surface area contributed by atoms with Gasteiger partial charge in [-0.1, -0.05) is 25.1 Å². The Balaban J connectivity index is 1.96. The van der Waals surface area contributed by atoms with Crippen LogP contribution in [0.15, 0.2) is 48.5 Å². The van der Waals surface area contributed by atoms with Crippen LogP contribution in [-0.2, 0) is 4.79 Å². The number of carbonyl (C=O) groups excluding carboxylic acids is 2. The molecule has 146 valence electrons. The largest absolute Gasteiger partial charge is 0.355 e. The van der Waals surface area contributed by atoms with Gasteiger partial charge in [0.2, 0.25) is 5.91 Å². The number of ketones is 1. The van der Waals surface area contributed by atoms with Crippen molar-refractivity contribution in [3.8, 4) is 11.3 Å². The van der Waals surface area contributed by atoms with Gasteiger partial charge in [0.1, 0.15) is 5.82 Å². The van der Waals surface area contributed by atoms with Gasteiger partial charge in [0.15, 0.2) is 5.78 Å². The molecule has 0 aliphatic carbocycles. The van der Waals surface area contributed by atoms with Crippen molar-refractivity contribution in [1.82, 2.24) is 15.2 Å². The predicted octanol–water partition coefficient (Wildman–Crippen LogP) is 3.61. The van der Waals surface area contributed by atoms with E-state index in [4.69, 9.17) is 0 Å². The second-order valence-electron chi connectivity index (χ2n) is 6.61. The lowest BCUT2D eigenvalue weighted by atomic mass is 10.0. The number of nitrogens with zero attached hydrogens (tertiary/aromatic N) is 1. The van der Waals surface area contributed by atoms with E-state index >= 15 is 0 Å². The Morgan fingerprint density at radius 2 is 1.75 bits per heavy atom. The molecule has 0 fully saturated rings. The van der Waals surface area contributed by atoms with E-state index in [0.717, 1.165) is 16.5 Å². The summed E-state index contributed by atoms with van der Waals surface area (Å²) in [5, 5.41) is 3.58. The van der Waals surface area contributed by atoms with Crippen molar-refractivity contribution in [3.05, 3.63) is 59.9 Å². The standard InChI is InChI=1S/C22H24FN3O2/c1-3-24-20(28)14-26(4-2)13-19(27)21-17-7-5-6-8-18(17)25-22(21)15-9-11-16(23)12-10-15/h5-12,25H,3-4,13-14H2,1-2H3,(H,24,28). The van der Waals surface area contributed by atoms with Crippen molar-refractivity contribution in [3.63, 3.8) is 0 Å². The van der Waals surface area contributed by atoms with Gasteiger partial charge in [-0.05, 0) is 49.4 Å². The molecule has 2 aromatic carbocycles. The lowest BCUT2D eigenvalue weighted by Gasteiger charge is -2.19. The van der Waals surface area contributed by atoms with Crippen LogP contribution in [-0.4, -0.2) is 47.8 Å². The highest BCUT2D eigenvalue weighted by Gasteiger charge is 2.22. The third-order valence-corrected chi connectivity index (χ3v) is 4.67. The van der Waals surface area contributed by atoms with E-state index < -0.39 is 0 Å². The number of hydrogen-bond donors (Lipinski definition) is 2. The number of hydrogen-bond acceptors (Lipinski definition) is 3. The zero-order valence-electron chi connectivity index (χ0n) is 16.1. The SMILES string of the molecule is CCNC(=O)CN(CC)CC(=O)c1c(-c2ccc(F)cc2)[nH]c2ccccc12. The zero-order valence-corrected chi connectivity index (χ0v) is 16.1. The van der Waals surface area contributed by atoms with Crippen molar-refractivity contribution in [2.24, 2.45) is 0 Å². The fraction of sp³-hybridized carbons (Fsp3) is 0.273. The third kappa shape index (κ3) is 4.28. The Labute approximate surface area is 163 Å². The van der Waals surface area contributed by atoms with Crippen LogP contribution in [0.4, 0.5) is 4.39 Å². The fourth-order valence-corrected chi connectivity index (χ4v) is 3.28. The number of carbonyl (C=O) groups is 2. The maximum absolute atomic E-state index is 13.3. The molecule has 0 aliphatic heterocycles. The molecular formula is C22H24FN3O2. The van der Waals surface area contributed by atoms with E-state index in [2.05, 4.69) is 10.3 Å². The monoisotopic (exact) mass is 381 g/mol. The first-order valence-corrected chi connectivity index (χ1v) is 9.42. The Morgan fingerprint density at radius 3 is 2.43 bits per heavy atom. The van der Waals surface area contributed by atoms with E-state index in [-0.39, 0.29) is 30.6 Å². The van der Waals surface area contributed by atoms with Crippen molar-refractivity contribution in [1.29, 1.82) is 0 Å². The van der Waals surface area contributed by atoms with Crippen LogP contribution < -0.4 is 5.32 Å². The summed E-state index contributed by atoms with van der Waals surface area (Å²) in [5.41, 5.74) is 2.82. The van der Waals surface area contributed by atoms with E-state index in [9.17, 15) is 14.0 Å². The number of halogens is 1. The van der Waals surface area contributed by atoms with Gasteiger partial charge < -0.3 is 10.3 Å². The van der Waals surface area contributed by atoms with Gasteiger partial charge in [0.05, 0.1) is 24.3 Å². The highest BCUT2D eigenvalue weighted by Crippen LogP contribution is 2.31. The smallest absolute Gasteiger partial charge is 0.234 e. The van der Waals surface area contributed by atoms with Gasteiger partial charge >= 0.3 is 0 Å². The minimum absolute atomic E-state index is 0.0806. The summed E-state index contributed by atoms with van der Waals surface area (Å²) in [6.07, 6.45) is 0. The zero-order chi connectivity index (χ0) is 20.1. The lowest BCUT2D eigenvalue weighted by molar-refractivity contribution is -0.121. The quantitative estimate of drug-likeness (QED) is 0.586. The van der Waals surface area contributed by atoms with E-state index in [0.29, 0.717) is 24.3 Å². The van der Waals surface area contributed by atoms with Crippen LogP contribution in [0.5, 0.6) is 0 Å². The number of aromatic nitrogens is 1. The number of para-hydroxylation sites is 1. The summed E-state index contributed by atoms with van der Waals surface area (Å²) >= 11 is 0. The Kier molecular flexibility index (Phi) is 6.21. The van der Waals surface area contributed by atoms with Crippen LogP contribution in [0.3, 0.4) is 0 Å². The summed E-state index contributed by atoms with van der Waals surface area (Å²) < 4.78 is 13.3. The van der Waals surface area contributed by atoms with Gasteiger partial charge in [-0.15, -0.1) is 0 Å². The van der Waals surface area contributed by atoms with Crippen molar-refractivity contribution < 1.29 is 14.0 Å². The van der Waals surface area contributed by atoms with E-state index in [1.807, 2.05) is 43.0 Å². The predicted molar refractivity (Wildman–Crippen MR) is 109 cm³/mol. The highest BCUT2D eigenvalue weighted by molar-refractivity contribution is 6.14. The van der Waals surface area contributed by atoms with Gasteiger partial charge in [-0.25, -0.2) is 4.39 Å². The summed E-state index contributed by atoms with van der Waals surface area (Å²) in [7, 11) is 0. The van der Waals surface area contributed by atoms with Gasteiger partial charge in [0.25, 0.3) is 0 Å². The first-order valence-electron chi connectivity index (χ1n) is 9.42. The number of aromatic amines is 1. The molecule has 5 nitrogen and oxygen atoms in total. The number of H-pyrrole nitrogens is 1. The Bertz CT molecular complexity index is 979. The van der Waals surface area contributed by atoms with Crippen LogP contribution >= 0.6 is 0 Å². The van der Waals surface area contributed by atoms with Crippen LogP contribution in [0.2, 0.25) is 0 Å². The molecule has 3 rings (SSSR count). The first kappa shape index (κ1) is 19.8. The second kappa shape index (κ2) is 8.80. The second-order valence-corrected chi connectivity index (χ2v) is 6.61. The van der Waals surface area contributed by atoms with Crippen molar-refractivity contribution >= 4 is 22.6 Å². The molecule has 1 heterocycles. The Hall–Kier alpha value is -2.99. The average molecular weight is 381 g/mol. The maximum atomic E-state index is 13.3. The molecule has 0 saturated heterocycles. The molecule has 0 atom stereocenters. The number of fused-ring (bicyclic) bond motifs is 1. The number of rotatable bonds is 8. The van der Waals surface area contributed by atoms with Crippen LogP contribution in [0.1, 0.15) is 24.2 Å². The summed E-state index contributed by atoms with van der Waals surface area (Å²) in [5.74, 6) is -0.510. The first-order chi connectivity index (χ1) is 13.5. The molecule has 0 aliphatic rings. The summed E-state index contributed by atoms with van der Waals surface area (Å²) in [6, 6.07) is 13.7. The minimum atomic E-state index is -0.327. The maximum Gasteiger partial charge on any atom is 0.234 e. The molecule has 2 N–H and O–H groups in total. The number of likely N-dealkylation sites (N-methyl/N-ethyl adjacent to an activating group) is 2. The van der Waals surface area contributed by atoms with E-state index in [1.54, 1.807) is 12.1 Å². The molecule has 0 radical (unpaired) electrons. The molecule has 28 heavy (non-hydrogen) atoms. The molecule has 1 amide bonds. The van der Waals surface area contributed by atoms with Crippen molar-refractivity contribution in [2.75, 3.05) is 26.2 Å². The molecule has 0 bridgehead atoms. The van der Waals surface area contributed by atoms with E-state index in [1.165, 1.54) is 12.1 Å².